The fourth-order valence-corrected chi connectivity index (χ4v) is 3.50. The van der Waals surface area contributed by atoms with E-state index in [1.807, 2.05) is 38.2 Å². The molecule has 6 heteroatoms. The lowest BCUT2D eigenvalue weighted by atomic mass is 9.78. The summed E-state index contributed by atoms with van der Waals surface area (Å²) < 4.78 is 16.4. The van der Waals surface area contributed by atoms with E-state index in [-0.39, 0.29) is 5.92 Å². The van der Waals surface area contributed by atoms with Crippen LogP contribution in [-0.4, -0.2) is 37.4 Å². The Bertz CT molecular complexity index is 765. The summed E-state index contributed by atoms with van der Waals surface area (Å²) in [6, 6.07) is 5.96. The van der Waals surface area contributed by atoms with E-state index in [4.69, 9.17) is 14.1 Å². The third kappa shape index (κ3) is 3.50. The van der Waals surface area contributed by atoms with Crippen molar-refractivity contribution in [2.24, 2.45) is 0 Å². The third-order valence-corrected chi connectivity index (χ3v) is 4.74. The standard InChI is InChI=1S/C19H24BNO4/c1-5-24-18-8-14(6-7-17(18)23-4)19-12(2)16(10-21-13(19)3)15-9-20(22)25-11-15/h6-8,10,15,22H,5,9,11H2,1-4H3/t15-/m0/s1. The van der Waals surface area contributed by atoms with Crippen molar-refractivity contribution in [2.45, 2.75) is 33.0 Å². The zero-order valence-corrected chi connectivity index (χ0v) is 15.2. The van der Waals surface area contributed by atoms with E-state index >= 15 is 0 Å². The lowest BCUT2D eigenvalue weighted by molar-refractivity contribution is 0.292. The molecule has 1 N–H and O–H groups in total. The fourth-order valence-electron chi connectivity index (χ4n) is 3.50. The van der Waals surface area contributed by atoms with Gasteiger partial charge in [0.2, 0.25) is 0 Å². The van der Waals surface area contributed by atoms with Crippen molar-refractivity contribution in [3.05, 3.63) is 41.2 Å². The second kappa shape index (κ2) is 7.46. The first-order chi connectivity index (χ1) is 12.0. The Morgan fingerprint density at radius 3 is 2.76 bits per heavy atom. The summed E-state index contributed by atoms with van der Waals surface area (Å²) in [6.45, 7) is 7.17. The molecule has 0 radical (unpaired) electrons. The fraction of sp³-hybridized carbons (Fsp3) is 0.421. The van der Waals surface area contributed by atoms with Crippen LogP contribution in [0.25, 0.3) is 11.1 Å². The van der Waals surface area contributed by atoms with Crippen molar-refractivity contribution in [2.75, 3.05) is 20.3 Å². The normalized spacial score (nSPS) is 17.0. The minimum absolute atomic E-state index is 0.173. The zero-order valence-electron chi connectivity index (χ0n) is 15.2. The van der Waals surface area contributed by atoms with Gasteiger partial charge < -0.3 is 19.2 Å². The maximum atomic E-state index is 9.67. The maximum absolute atomic E-state index is 9.67. The summed E-state index contributed by atoms with van der Waals surface area (Å²) >= 11 is 0. The average Bonchev–Trinajstić information content (AvgIpc) is 3.02. The molecule has 1 fully saturated rings. The minimum atomic E-state index is -0.681. The van der Waals surface area contributed by atoms with Gasteiger partial charge in [-0.1, -0.05) is 6.07 Å². The van der Waals surface area contributed by atoms with Gasteiger partial charge in [0.05, 0.1) is 13.7 Å². The topological polar surface area (TPSA) is 60.8 Å². The molecule has 5 nitrogen and oxygen atoms in total. The number of nitrogens with zero attached hydrogens (tertiary/aromatic N) is 1. The smallest absolute Gasteiger partial charge is 0.454 e. The Kier molecular flexibility index (Phi) is 5.30. The average molecular weight is 341 g/mol. The number of benzene rings is 1. The molecule has 2 aromatic rings. The van der Waals surface area contributed by atoms with Crippen LogP contribution in [-0.2, 0) is 4.65 Å². The largest absolute Gasteiger partial charge is 0.493 e. The first-order valence-electron chi connectivity index (χ1n) is 8.62. The van der Waals surface area contributed by atoms with Crippen LogP contribution in [0.4, 0.5) is 0 Å². The van der Waals surface area contributed by atoms with E-state index in [2.05, 4.69) is 11.9 Å². The highest BCUT2D eigenvalue weighted by Crippen LogP contribution is 2.38. The molecule has 132 valence electrons. The molecular weight excluding hydrogens is 317 g/mol. The molecule has 0 unspecified atom stereocenters. The van der Waals surface area contributed by atoms with Crippen molar-refractivity contribution in [1.82, 2.24) is 4.98 Å². The molecule has 1 atom stereocenters. The lowest BCUT2D eigenvalue weighted by Gasteiger charge is -2.18. The molecular formula is C19H24BNO4. The predicted molar refractivity (Wildman–Crippen MR) is 98.3 cm³/mol. The van der Waals surface area contributed by atoms with Crippen molar-refractivity contribution >= 4 is 7.12 Å². The van der Waals surface area contributed by atoms with Gasteiger partial charge in [0.1, 0.15) is 0 Å². The summed E-state index contributed by atoms with van der Waals surface area (Å²) in [5.74, 6) is 1.62. The monoisotopic (exact) mass is 341 g/mol. The van der Waals surface area contributed by atoms with Crippen LogP contribution in [0.3, 0.4) is 0 Å². The highest BCUT2D eigenvalue weighted by Gasteiger charge is 2.31. The molecule has 0 amide bonds. The second-order valence-electron chi connectivity index (χ2n) is 6.32. The minimum Gasteiger partial charge on any atom is -0.493 e. The SMILES string of the molecule is CCOc1cc(-c2c(C)ncc([C@@H]3COB(O)C3)c2C)ccc1OC. The third-order valence-electron chi connectivity index (χ3n) is 4.74. The molecule has 1 aromatic carbocycles. The van der Waals surface area contributed by atoms with Crippen LogP contribution >= 0.6 is 0 Å². The van der Waals surface area contributed by atoms with Crippen LogP contribution < -0.4 is 9.47 Å². The second-order valence-corrected chi connectivity index (χ2v) is 6.32. The van der Waals surface area contributed by atoms with Crippen molar-refractivity contribution in [1.29, 1.82) is 0 Å². The summed E-state index contributed by atoms with van der Waals surface area (Å²) in [5.41, 5.74) is 5.41. The Morgan fingerprint density at radius 1 is 1.32 bits per heavy atom. The van der Waals surface area contributed by atoms with Crippen molar-refractivity contribution in [3.8, 4) is 22.6 Å². The number of hydrogen-bond donors (Lipinski definition) is 1. The molecule has 0 bridgehead atoms. The highest BCUT2D eigenvalue weighted by molar-refractivity contribution is 6.43. The summed E-state index contributed by atoms with van der Waals surface area (Å²) in [7, 11) is 0.960. The van der Waals surface area contributed by atoms with E-state index in [0.29, 0.717) is 19.5 Å². The Morgan fingerprint density at radius 2 is 2.12 bits per heavy atom. The molecule has 1 aromatic heterocycles. The van der Waals surface area contributed by atoms with E-state index in [9.17, 15) is 5.02 Å². The van der Waals surface area contributed by atoms with Crippen molar-refractivity contribution < 1.29 is 19.2 Å². The Labute approximate surface area is 149 Å². The van der Waals surface area contributed by atoms with Gasteiger partial charge in [0.15, 0.2) is 11.5 Å². The maximum Gasteiger partial charge on any atom is 0.454 e. The van der Waals surface area contributed by atoms with Gasteiger partial charge in [-0.3, -0.25) is 4.98 Å². The molecule has 0 spiro atoms. The van der Waals surface area contributed by atoms with Gasteiger partial charge >= 0.3 is 7.12 Å². The van der Waals surface area contributed by atoms with E-state index in [1.165, 1.54) is 5.56 Å². The van der Waals surface area contributed by atoms with Crippen LogP contribution in [0, 0.1) is 13.8 Å². The number of aryl methyl sites for hydroxylation is 1. The first kappa shape index (κ1) is 17.8. The molecule has 2 heterocycles. The molecule has 1 saturated heterocycles. The molecule has 25 heavy (non-hydrogen) atoms. The zero-order chi connectivity index (χ0) is 18.0. The number of aromatic nitrogens is 1. The van der Waals surface area contributed by atoms with Gasteiger partial charge in [0.25, 0.3) is 0 Å². The molecule has 1 aliphatic heterocycles. The molecule has 3 rings (SSSR count). The number of ether oxygens (including phenoxy) is 2. The van der Waals surface area contributed by atoms with E-state index < -0.39 is 7.12 Å². The van der Waals surface area contributed by atoms with Gasteiger partial charge in [-0.05, 0) is 55.9 Å². The molecule has 1 aliphatic rings. The summed E-state index contributed by atoms with van der Waals surface area (Å²) in [6.07, 6.45) is 2.52. The van der Waals surface area contributed by atoms with Crippen molar-refractivity contribution in [3.63, 3.8) is 0 Å². The summed E-state index contributed by atoms with van der Waals surface area (Å²) in [4.78, 5) is 4.59. The lowest BCUT2D eigenvalue weighted by Crippen LogP contribution is -2.08. The summed E-state index contributed by atoms with van der Waals surface area (Å²) in [5, 5.41) is 9.67. The van der Waals surface area contributed by atoms with Crippen LogP contribution in [0.2, 0.25) is 6.32 Å². The number of methoxy groups -OCH3 is 1. The van der Waals surface area contributed by atoms with E-state index in [1.54, 1.807) is 7.11 Å². The van der Waals surface area contributed by atoms with E-state index in [0.717, 1.165) is 33.9 Å². The van der Waals surface area contributed by atoms with Crippen LogP contribution in [0.5, 0.6) is 11.5 Å². The Balaban J connectivity index is 2.06. The van der Waals surface area contributed by atoms with Crippen LogP contribution in [0.1, 0.15) is 29.7 Å². The first-order valence-corrected chi connectivity index (χ1v) is 8.62. The van der Waals surface area contributed by atoms with Gasteiger partial charge in [-0.2, -0.15) is 0 Å². The van der Waals surface area contributed by atoms with Gasteiger partial charge in [-0.25, -0.2) is 0 Å². The Hall–Kier alpha value is -2.05. The number of pyridine rings is 1. The quantitative estimate of drug-likeness (QED) is 0.845. The highest BCUT2D eigenvalue weighted by atomic mass is 16.5. The number of hydrogen-bond acceptors (Lipinski definition) is 5. The predicted octanol–water partition coefficient (Wildman–Crippen LogP) is 3.37. The van der Waals surface area contributed by atoms with Crippen LogP contribution in [0.15, 0.2) is 24.4 Å². The number of rotatable bonds is 5. The van der Waals surface area contributed by atoms with Gasteiger partial charge in [0, 0.05) is 30.0 Å². The molecule has 0 saturated carbocycles. The van der Waals surface area contributed by atoms with Gasteiger partial charge in [-0.15, -0.1) is 0 Å². The molecule has 0 aliphatic carbocycles.